The summed E-state index contributed by atoms with van der Waals surface area (Å²) in [6.07, 6.45) is 0. The summed E-state index contributed by atoms with van der Waals surface area (Å²) in [5.74, 6) is 0. The van der Waals surface area contributed by atoms with E-state index in [1.165, 1.54) is 0 Å². The molecule has 0 amide bonds. The second-order valence-corrected chi connectivity index (χ2v) is 3.40. The van der Waals surface area contributed by atoms with Gasteiger partial charge in [0.1, 0.15) is 0 Å². The first-order chi connectivity index (χ1) is 4.63. The van der Waals surface area contributed by atoms with Crippen LogP contribution in [0.1, 0.15) is 0 Å². The minimum atomic E-state index is 0.371. The quantitative estimate of drug-likeness (QED) is 0.480. The molecule has 1 aromatic rings. The van der Waals surface area contributed by atoms with E-state index in [1.807, 2.05) is 0 Å². The molecule has 55 valence electrons. The summed E-state index contributed by atoms with van der Waals surface area (Å²) in [6, 6.07) is 3.38. The van der Waals surface area contributed by atoms with E-state index < -0.39 is 0 Å². The number of halogens is 3. The van der Waals surface area contributed by atoms with Crippen molar-refractivity contribution in [3.8, 4) is 0 Å². The zero-order chi connectivity index (χ0) is 7.72. The predicted octanol–water partition coefficient (Wildman–Crippen LogP) is 2.82. The number of hydrogen-bond acceptors (Lipinski definition) is 0. The first kappa shape index (κ1) is 8.70. The Labute approximate surface area is 82.3 Å². The fourth-order valence-electron chi connectivity index (χ4n) is 0.498. The maximum atomic E-state index is 5.70. The summed E-state index contributed by atoms with van der Waals surface area (Å²) in [5.41, 5.74) is 0. The molecule has 0 bridgehead atoms. The van der Waals surface area contributed by atoms with Crippen molar-refractivity contribution >= 4 is 39.3 Å². The van der Waals surface area contributed by atoms with E-state index in [2.05, 4.69) is 16.0 Å². The Morgan fingerprint density at radius 1 is 1.00 bits per heavy atom. The molecule has 1 aromatic carbocycles. The van der Waals surface area contributed by atoms with Crippen LogP contribution in [0.5, 0.6) is 0 Å². The molecule has 0 unspecified atom stereocenters. The fourth-order valence-corrected chi connectivity index (χ4v) is 1.34. The van der Waals surface area contributed by atoms with Gasteiger partial charge in [-0.25, -0.2) is 0 Å². The normalized spacial score (nSPS) is 10.0. The summed E-state index contributed by atoms with van der Waals surface area (Å²) in [7, 11) is 0. The molecule has 0 nitrogen and oxygen atoms in total. The van der Waals surface area contributed by atoms with Crippen molar-refractivity contribution in [2.24, 2.45) is 0 Å². The molecule has 0 saturated heterocycles. The van der Waals surface area contributed by atoms with Crippen LogP contribution in [-0.4, -0.2) is 0 Å². The second-order valence-electron chi connectivity index (χ2n) is 1.64. The molecule has 0 aliphatic carbocycles. The van der Waals surface area contributed by atoms with Gasteiger partial charge < -0.3 is 0 Å². The van der Waals surface area contributed by atoms with Crippen molar-refractivity contribution in [1.82, 2.24) is 0 Å². The van der Waals surface area contributed by atoms with Crippen LogP contribution in [0.3, 0.4) is 0 Å². The summed E-state index contributed by atoms with van der Waals surface area (Å²) in [4.78, 5) is 0. The van der Waals surface area contributed by atoms with Gasteiger partial charge in [-0.3, -0.25) is 0 Å². The van der Waals surface area contributed by atoms with E-state index in [-0.39, 0.29) is 0 Å². The van der Waals surface area contributed by atoms with E-state index in [4.69, 9.17) is 34.8 Å². The molecule has 0 radical (unpaired) electrons. The molecule has 1 rings (SSSR count). The molecular weight excluding hydrogens is 234 g/mol. The van der Waals surface area contributed by atoms with Crippen molar-refractivity contribution in [3.05, 3.63) is 27.2 Å². The third kappa shape index (κ3) is 1.61. The molecule has 4 heteroatoms. The maximum absolute atomic E-state index is 5.70. The van der Waals surface area contributed by atoms with Crippen LogP contribution in [0.15, 0.2) is 12.1 Å². The summed E-state index contributed by atoms with van der Waals surface area (Å²) in [6.45, 7) is 0. The van der Waals surface area contributed by atoms with Crippen LogP contribution >= 0.6 is 34.8 Å². The predicted molar refractivity (Wildman–Crippen MR) is 41.1 cm³/mol. The Morgan fingerprint density at radius 2 is 1.60 bits per heavy atom. The molecule has 0 spiro atoms. The molecule has 0 heterocycles. The van der Waals surface area contributed by atoms with E-state index in [9.17, 15) is 0 Å². The molecule has 0 aliphatic rings. The zero-order valence-corrected chi connectivity index (χ0v) is 8.01. The zero-order valence-electron chi connectivity index (χ0n) is 4.64. The first-order valence-electron chi connectivity index (χ1n) is 2.40. The molecule has 0 aromatic heterocycles. The van der Waals surface area contributed by atoms with Gasteiger partial charge in [0.15, 0.2) is 0 Å². The van der Waals surface area contributed by atoms with Crippen molar-refractivity contribution in [2.45, 2.75) is 0 Å². The van der Waals surface area contributed by atoms with E-state index in [0.29, 0.717) is 19.5 Å². The SMILES string of the molecule is Clc1cc[c]([Fe])c(Cl)c1Cl. The standard InChI is InChI=1S/C6H2Cl3.Fe/c7-4-2-1-3-5(8)6(4)9;/h1-2H;. The minimum absolute atomic E-state index is 0.371. The van der Waals surface area contributed by atoms with Gasteiger partial charge in [-0.2, -0.15) is 0 Å². The van der Waals surface area contributed by atoms with Gasteiger partial charge in [-0.1, -0.05) is 0 Å². The van der Waals surface area contributed by atoms with Gasteiger partial charge in [0.05, 0.1) is 0 Å². The Morgan fingerprint density at radius 3 is 2.10 bits per heavy atom. The Hall–Kier alpha value is 0.609. The topological polar surface area (TPSA) is 0 Å². The molecule has 0 atom stereocenters. The average molecular weight is 236 g/mol. The van der Waals surface area contributed by atoms with E-state index in [1.54, 1.807) is 12.1 Å². The van der Waals surface area contributed by atoms with Crippen LogP contribution in [0.4, 0.5) is 0 Å². The number of benzene rings is 1. The van der Waals surface area contributed by atoms with Crippen LogP contribution in [0, 0.1) is 0 Å². The summed E-state index contributed by atoms with van der Waals surface area (Å²) >= 11 is 20.7. The van der Waals surface area contributed by atoms with Gasteiger partial charge >= 0.3 is 82.5 Å². The molecule has 0 aliphatic heterocycles. The van der Waals surface area contributed by atoms with Crippen LogP contribution in [-0.2, 0) is 16.0 Å². The van der Waals surface area contributed by atoms with E-state index >= 15 is 0 Å². The van der Waals surface area contributed by atoms with Crippen LogP contribution < -0.4 is 4.46 Å². The second kappa shape index (κ2) is 3.34. The molecule has 0 fully saturated rings. The van der Waals surface area contributed by atoms with Gasteiger partial charge in [-0.05, 0) is 0 Å². The van der Waals surface area contributed by atoms with Crippen LogP contribution in [0.25, 0.3) is 0 Å². The van der Waals surface area contributed by atoms with Gasteiger partial charge in [0.25, 0.3) is 0 Å². The Kier molecular flexibility index (Phi) is 2.90. The molecular formula is C6H2Cl3Fe. The summed E-state index contributed by atoms with van der Waals surface area (Å²) in [5, 5.41) is 1.25. The number of rotatable bonds is 0. The Bertz CT molecular complexity index is 232. The van der Waals surface area contributed by atoms with Gasteiger partial charge in [0, 0.05) is 0 Å². The van der Waals surface area contributed by atoms with Crippen molar-refractivity contribution < 1.29 is 16.0 Å². The monoisotopic (exact) mass is 235 g/mol. The van der Waals surface area contributed by atoms with Gasteiger partial charge in [-0.15, -0.1) is 0 Å². The van der Waals surface area contributed by atoms with Crippen LogP contribution in [0.2, 0.25) is 15.1 Å². The average Bonchev–Trinajstić information content (AvgIpc) is 1.93. The molecule has 0 N–H and O–H groups in total. The van der Waals surface area contributed by atoms with Crippen molar-refractivity contribution in [2.75, 3.05) is 0 Å². The van der Waals surface area contributed by atoms with Gasteiger partial charge in [0.2, 0.25) is 0 Å². The third-order valence-corrected chi connectivity index (χ3v) is 2.88. The Balaban J connectivity index is 3.34. The third-order valence-electron chi connectivity index (χ3n) is 0.979. The van der Waals surface area contributed by atoms with Crippen molar-refractivity contribution in [3.63, 3.8) is 0 Å². The fraction of sp³-hybridized carbons (Fsp3) is 0. The first-order valence-corrected chi connectivity index (χ1v) is 4.09. The summed E-state index contributed by atoms with van der Waals surface area (Å²) < 4.78 is 0.691. The number of hydrogen-bond donors (Lipinski definition) is 0. The van der Waals surface area contributed by atoms with Crippen molar-refractivity contribution in [1.29, 1.82) is 0 Å². The molecule has 10 heavy (non-hydrogen) atoms. The molecule has 0 saturated carbocycles. The van der Waals surface area contributed by atoms with E-state index in [0.717, 1.165) is 0 Å².